The first-order chi connectivity index (χ1) is 10.4. The predicted octanol–water partition coefficient (Wildman–Crippen LogP) is 3.40. The number of ether oxygens (including phenoxy) is 1. The number of esters is 1. The summed E-state index contributed by atoms with van der Waals surface area (Å²) < 4.78 is 5.66. The number of hydrogen-bond donors (Lipinski definition) is 1. The molecule has 5 nitrogen and oxygen atoms in total. The van der Waals surface area contributed by atoms with Gasteiger partial charge in [-0.05, 0) is 42.7 Å². The first-order valence-electron chi connectivity index (χ1n) is 7.79. The average Bonchev–Trinajstić information content (AvgIpc) is 2.47. The van der Waals surface area contributed by atoms with E-state index in [1.54, 1.807) is 0 Å². The smallest absolute Gasteiger partial charge is 0.357 e. The Morgan fingerprint density at radius 1 is 1.27 bits per heavy atom. The van der Waals surface area contributed by atoms with E-state index in [2.05, 4.69) is 25.8 Å². The van der Waals surface area contributed by atoms with Crippen LogP contribution in [0.2, 0.25) is 0 Å². The molecule has 1 aromatic heterocycles. The molecule has 22 heavy (non-hydrogen) atoms. The molecule has 0 spiro atoms. The van der Waals surface area contributed by atoms with Crippen molar-refractivity contribution >= 4 is 11.9 Å². The van der Waals surface area contributed by atoms with Gasteiger partial charge in [0.2, 0.25) is 0 Å². The lowest BCUT2D eigenvalue weighted by atomic mass is 9.75. The summed E-state index contributed by atoms with van der Waals surface area (Å²) in [5, 5.41) is 8.95. The molecule has 0 saturated heterocycles. The second-order valence-electron chi connectivity index (χ2n) is 6.48. The van der Waals surface area contributed by atoms with Gasteiger partial charge in [-0.2, -0.15) is 0 Å². The van der Waals surface area contributed by atoms with Crippen molar-refractivity contribution in [1.29, 1.82) is 0 Å². The van der Waals surface area contributed by atoms with Gasteiger partial charge in [0.15, 0.2) is 0 Å². The number of carboxylic acid groups (broad SMARTS) is 1. The normalized spacial score (nSPS) is 25.0. The van der Waals surface area contributed by atoms with E-state index in [0.717, 1.165) is 19.3 Å². The lowest BCUT2D eigenvalue weighted by Gasteiger charge is -2.36. The van der Waals surface area contributed by atoms with Gasteiger partial charge in [-0.3, -0.25) is 0 Å². The maximum Gasteiger partial charge on any atom is 0.357 e. The van der Waals surface area contributed by atoms with Crippen LogP contribution in [0.25, 0.3) is 0 Å². The first-order valence-corrected chi connectivity index (χ1v) is 7.79. The summed E-state index contributed by atoms with van der Waals surface area (Å²) in [5.74, 6) is -0.355. The van der Waals surface area contributed by atoms with Crippen molar-refractivity contribution in [2.75, 3.05) is 0 Å². The molecule has 2 rings (SSSR count). The Balaban J connectivity index is 2.12. The summed E-state index contributed by atoms with van der Waals surface area (Å²) >= 11 is 0. The molecule has 1 heterocycles. The Bertz CT molecular complexity index is 555. The maximum atomic E-state index is 12.3. The quantitative estimate of drug-likeness (QED) is 0.863. The van der Waals surface area contributed by atoms with Crippen LogP contribution >= 0.6 is 0 Å². The molecule has 5 heteroatoms. The summed E-state index contributed by atoms with van der Waals surface area (Å²) in [4.78, 5) is 27.1. The zero-order valence-electron chi connectivity index (χ0n) is 13.3. The number of nitrogens with zero attached hydrogens (tertiary/aromatic N) is 1. The molecule has 1 fully saturated rings. The minimum Gasteiger partial charge on any atom is -0.477 e. The van der Waals surface area contributed by atoms with Crippen LogP contribution in [0, 0.1) is 17.8 Å². The monoisotopic (exact) mass is 305 g/mol. The Labute approximate surface area is 130 Å². The topological polar surface area (TPSA) is 76.5 Å². The fourth-order valence-electron chi connectivity index (χ4n) is 3.12. The van der Waals surface area contributed by atoms with Gasteiger partial charge in [-0.1, -0.05) is 33.3 Å². The van der Waals surface area contributed by atoms with Crippen molar-refractivity contribution in [2.45, 2.75) is 46.1 Å². The van der Waals surface area contributed by atoms with Crippen molar-refractivity contribution < 1.29 is 19.4 Å². The van der Waals surface area contributed by atoms with Crippen molar-refractivity contribution in [3.05, 3.63) is 29.6 Å². The zero-order chi connectivity index (χ0) is 16.3. The van der Waals surface area contributed by atoms with Crippen molar-refractivity contribution in [1.82, 2.24) is 4.98 Å². The summed E-state index contributed by atoms with van der Waals surface area (Å²) in [5.41, 5.74) is -0.0903. The van der Waals surface area contributed by atoms with Crippen LogP contribution in [0.3, 0.4) is 0 Å². The molecule has 1 aromatic rings. The van der Waals surface area contributed by atoms with Crippen molar-refractivity contribution in [3.8, 4) is 0 Å². The standard InChI is InChI=1S/C17H23NO4/c1-10(2)12-8-7-11(3)9-15(12)22-17(21)14-6-4-5-13(18-14)16(19)20/h4-6,10-12,15H,7-9H2,1-3H3,(H,19,20)/t11-,12-,15-/m0/s1. The molecule has 0 aliphatic heterocycles. The maximum absolute atomic E-state index is 12.3. The van der Waals surface area contributed by atoms with Crippen LogP contribution in [0.5, 0.6) is 0 Å². The highest BCUT2D eigenvalue weighted by Crippen LogP contribution is 2.35. The highest BCUT2D eigenvalue weighted by molar-refractivity contribution is 5.90. The lowest BCUT2D eigenvalue weighted by Crippen LogP contribution is -2.36. The lowest BCUT2D eigenvalue weighted by molar-refractivity contribution is -0.0179. The number of carbonyl (C=O) groups is 2. The minimum absolute atomic E-state index is 0.0561. The van der Waals surface area contributed by atoms with Gasteiger partial charge in [0.25, 0.3) is 0 Å². The van der Waals surface area contributed by atoms with Crippen LogP contribution in [-0.2, 0) is 4.74 Å². The van der Waals surface area contributed by atoms with Crippen LogP contribution in [-0.4, -0.2) is 28.1 Å². The molecule has 0 amide bonds. The number of hydrogen-bond acceptors (Lipinski definition) is 4. The summed E-state index contributed by atoms with van der Waals surface area (Å²) in [6.45, 7) is 6.45. The Morgan fingerprint density at radius 2 is 1.95 bits per heavy atom. The Morgan fingerprint density at radius 3 is 2.59 bits per heavy atom. The zero-order valence-corrected chi connectivity index (χ0v) is 13.3. The van der Waals surface area contributed by atoms with Crippen molar-refractivity contribution in [3.63, 3.8) is 0 Å². The highest BCUT2D eigenvalue weighted by Gasteiger charge is 2.33. The Kier molecular flexibility index (Phi) is 5.16. The van der Waals surface area contributed by atoms with Gasteiger partial charge < -0.3 is 9.84 Å². The van der Waals surface area contributed by atoms with E-state index in [9.17, 15) is 9.59 Å². The van der Waals surface area contributed by atoms with Crippen LogP contribution in [0.4, 0.5) is 0 Å². The van der Waals surface area contributed by atoms with E-state index in [4.69, 9.17) is 9.84 Å². The van der Waals surface area contributed by atoms with Gasteiger partial charge in [0.05, 0.1) is 0 Å². The van der Waals surface area contributed by atoms with Gasteiger partial charge in [-0.15, -0.1) is 0 Å². The van der Waals surface area contributed by atoms with E-state index in [-0.39, 0.29) is 17.5 Å². The third-order valence-corrected chi connectivity index (χ3v) is 4.40. The van der Waals surface area contributed by atoms with Crippen LogP contribution < -0.4 is 0 Å². The second-order valence-corrected chi connectivity index (χ2v) is 6.48. The van der Waals surface area contributed by atoms with Crippen LogP contribution in [0.1, 0.15) is 61.0 Å². The highest BCUT2D eigenvalue weighted by atomic mass is 16.5. The number of rotatable bonds is 4. The second kappa shape index (κ2) is 6.90. The molecule has 1 aliphatic rings. The molecular formula is C17H23NO4. The van der Waals surface area contributed by atoms with E-state index in [1.807, 2.05) is 0 Å². The fourth-order valence-corrected chi connectivity index (χ4v) is 3.12. The summed E-state index contributed by atoms with van der Waals surface area (Å²) in [7, 11) is 0. The third kappa shape index (κ3) is 3.84. The molecule has 0 unspecified atom stereocenters. The molecule has 0 radical (unpaired) electrons. The summed E-state index contributed by atoms with van der Waals surface area (Å²) in [6, 6.07) is 4.36. The SMILES string of the molecule is CC(C)[C@@H]1CC[C@H](C)C[C@@H]1OC(=O)c1cccc(C(=O)O)n1. The number of pyridine rings is 1. The number of carbonyl (C=O) groups excluding carboxylic acids is 1. The fraction of sp³-hybridized carbons (Fsp3) is 0.588. The van der Waals surface area contributed by atoms with Gasteiger partial charge in [0.1, 0.15) is 17.5 Å². The molecule has 1 aliphatic carbocycles. The predicted molar refractivity (Wildman–Crippen MR) is 81.7 cm³/mol. The molecule has 0 aromatic carbocycles. The van der Waals surface area contributed by atoms with Crippen molar-refractivity contribution in [2.24, 2.45) is 17.8 Å². The van der Waals surface area contributed by atoms with Gasteiger partial charge in [-0.25, -0.2) is 14.6 Å². The van der Waals surface area contributed by atoms with E-state index in [0.29, 0.717) is 17.8 Å². The van der Waals surface area contributed by atoms with E-state index < -0.39 is 11.9 Å². The molecular weight excluding hydrogens is 282 g/mol. The molecule has 1 N–H and O–H groups in total. The van der Waals surface area contributed by atoms with E-state index in [1.165, 1.54) is 18.2 Å². The van der Waals surface area contributed by atoms with Gasteiger partial charge >= 0.3 is 11.9 Å². The minimum atomic E-state index is -1.15. The number of aromatic carboxylic acids is 1. The first kappa shape index (κ1) is 16.5. The molecule has 1 saturated carbocycles. The number of aromatic nitrogens is 1. The number of carboxylic acids is 1. The summed E-state index contributed by atoms with van der Waals surface area (Å²) in [6.07, 6.45) is 2.95. The largest absolute Gasteiger partial charge is 0.477 e. The van der Waals surface area contributed by atoms with Gasteiger partial charge in [0, 0.05) is 0 Å². The average molecular weight is 305 g/mol. The van der Waals surface area contributed by atoms with E-state index >= 15 is 0 Å². The molecule has 0 bridgehead atoms. The van der Waals surface area contributed by atoms with Crippen LogP contribution in [0.15, 0.2) is 18.2 Å². The Hall–Kier alpha value is -1.91. The molecule has 3 atom stereocenters. The molecule has 120 valence electrons. The third-order valence-electron chi connectivity index (χ3n) is 4.40.